The molecule has 0 saturated carbocycles. The highest BCUT2D eigenvalue weighted by Crippen LogP contribution is 2.38. The predicted octanol–water partition coefficient (Wildman–Crippen LogP) is 14.2. The first-order valence-electron chi connectivity index (χ1n) is 22.6. The minimum Gasteiger partial charge on any atom is -0.358 e. The van der Waals surface area contributed by atoms with Crippen LogP contribution < -0.4 is 5.32 Å². The van der Waals surface area contributed by atoms with E-state index in [4.69, 9.17) is 0 Å². The molecule has 12 rings (SSSR count). The molecule has 0 saturated heterocycles. The van der Waals surface area contributed by atoms with Crippen LogP contribution in [-0.2, 0) is 0 Å². The first kappa shape index (κ1) is 45.5. The number of fused-ring (bicyclic) bond motifs is 4. The number of aryl methyl sites for hydroxylation is 1. The van der Waals surface area contributed by atoms with Crippen LogP contribution in [0.1, 0.15) is 39.7 Å². The van der Waals surface area contributed by atoms with Crippen molar-refractivity contribution in [3.05, 3.63) is 150 Å². The highest BCUT2D eigenvalue weighted by Gasteiger charge is 2.19. The average molecular weight is 966 g/mol. The maximum Gasteiger partial charge on any atom is 0.177 e. The fraction of sp³-hybridized carbons (Fsp3) is 0.132. The summed E-state index contributed by atoms with van der Waals surface area (Å²) < 4.78 is 27.3. The van der Waals surface area contributed by atoms with Crippen molar-refractivity contribution in [2.45, 2.75) is 41.0 Å². The van der Waals surface area contributed by atoms with Crippen LogP contribution >= 0.6 is 22.7 Å². The minimum atomic E-state index is -0.235. The molecule has 0 aromatic carbocycles. The van der Waals surface area contributed by atoms with Gasteiger partial charge in [-0.05, 0) is 97.6 Å². The Morgan fingerprint density at radius 3 is 1.70 bits per heavy atom. The van der Waals surface area contributed by atoms with Crippen molar-refractivity contribution in [1.82, 2.24) is 60.3 Å². The van der Waals surface area contributed by atoms with Crippen molar-refractivity contribution in [3.63, 3.8) is 0 Å². The van der Waals surface area contributed by atoms with Crippen LogP contribution in [0.25, 0.3) is 110 Å². The van der Waals surface area contributed by atoms with Gasteiger partial charge in [0.25, 0.3) is 0 Å². The van der Waals surface area contributed by atoms with Crippen LogP contribution in [0.3, 0.4) is 0 Å². The van der Waals surface area contributed by atoms with Crippen LogP contribution in [0.4, 0.5) is 14.5 Å². The van der Waals surface area contributed by atoms with Gasteiger partial charge in [0, 0.05) is 80.4 Å². The molecule has 348 valence electrons. The van der Waals surface area contributed by atoms with Crippen molar-refractivity contribution in [2.75, 3.05) is 5.32 Å². The number of hydrogen-bond acceptors (Lipinski definition) is 11. The SMILES string of the molecule is C=C(CC(C)C)Nc1cncc(-c2cc3c(-c4cc5c(-c6ccc(F)s6)nccc5[nH]4)n[nH]c3cn2)c1.CC.Cc1ccncc1-c1cc2c(-c3cc4c(-c5ccc(F)s5)nccc4[nH]3)n[nH]c2cn1. The Morgan fingerprint density at radius 2 is 1.16 bits per heavy atom. The van der Waals surface area contributed by atoms with Gasteiger partial charge in [0.1, 0.15) is 11.4 Å². The summed E-state index contributed by atoms with van der Waals surface area (Å²) in [5.74, 6) is 0.516. The van der Waals surface area contributed by atoms with E-state index in [1.165, 1.54) is 12.1 Å². The summed E-state index contributed by atoms with van der Waals surface area (Å²) >= 11 is 2.17. The topological polar surface area (TPSA) is 178 Å². The highest BCUT2D eigenvalue weighted by molar-refractivity contribution is 7.14. The van der Waals surface area contributed by atoms with E-state index >= 15 is 0 Å². The molecule has 12 heterocycles. The van der Waals surface area contributed by atoms with Crippen LogP contribution in [0.2, 0.25) is 0 Å². The molecule has 0 radical (unpaired) electrons. The number of aromatic nitrogens is 12. The van der Waals surface area contributed by atoms with Gasteiger partial charge < -0.3 is 15.3 Å². The maximum absolute atomic E-state index is 13.7. The number of anilines is 1. The molecule has 70 heavy (non-hydrogen) atoms. The second-order valence-corrected chi connectivity index (χ2v) is 18.7. The number of rotatable bonds is 10. The van der Waals surface area contributed by atoms with Gasteiger partial charge in [-0.1, -0.05) is 34.3 Å². The molecule has 5 N–H and O–H groups in total. The molecule has 0 unspecified atom stereocenters. The van der Waals surface area contributed by atoms with Crippen molar-refractivity contribution in [3.8, 4) is 66.4 Å². The Bertz CT molecular complexity index is 3840. The Kier molecular flexibility index (Phi) is 12.6. The number of pyridine rings is 6. The van der Waals surface area contributed by atoms with Gasteiger partial charge in [0.05, 0.1) is 79.2 Å². The van der Waals surface area contributed by atoms with E-state index in [0.29, 0.717) is 5.92 Å². The molecule has 0 atom stereocenters. The summed E-state index contributed by atoms with van der Waals surface area (Å²) in [6, 6.07) is 22.3. The molecular weight excluding hydrogens is 921 g/mol. The first-order chi connectivity index (χ1) is 34.1. The Labute approximate surface area is 408 Å². The molecule has 0 fully saturated rings. The zero-order valence-corrected chi connectivity index (χ0v) is 40.3. The molecule has 0 aliphatic heterocycles. The van der Waals surface area contributed by atoms with Gasteiger partial charge in [0.2, 0.25) is 0 Å². The summed E-state index contributed by atoms with van der Waals surface area (Å²) in [5.41, 5.74) is 14.7. The zero-order valence-electron chi connectivity index (χ0n) is 38.7. The fourth-order valence-corrected chi connectivity index (χ4v) is 9.80. The van der Waals surface area contributed by atoms with E-state index in [2.05, 4.69) is 86.0 Å². The third-order valence-corrected chi connectivity index (χ3v) is 13.2. The van der Waals surface area contributed by atoms with Crippen molar-refractivity contribution in [1.29, 1.82) is 0 Å². The summed E-state index contributed by atoms with van der Waals surface area (Å²) in [7, 11) is 0. The summed E-state index contributed by atoms with van der Waals surface area (Å²) in [5, 5.41) is 21.9. The highest BCUT2D eigenvalue weighted by atomic mass is 32.1. The monoisotopic (exact) mass is 965 g/mol. The first-order valence-corrected chi connectivity index (χ1v) is 24.2. The third kappa shape index (κ3) is 9.06. The predicted molar refractivity (Wildman–Crippen MR) is 279 cm³/mol. The van der Waals surface area contributed by atoms with Gasteiger partial charge in [-0.25, -0.2) is 0 Å². The summed E-state index contributed by atoms with van der Waals surface area (Å²) in [6.45, 7) is 14.5. The quantitative estimate of drug-likeness (QED) is 0.0892. The van der Waals surface area contributed by atoms with E-state index in [-0.39, 0.29) is 10.3 Å². The molecule has 0 amide bonds. The number of allylic oxidation sites excluding steroid dienone is 1. The van der Waals surface area contributed by atoms with E-state index in [0.717, 1.165) is 156 Å². The van der Waals surface area contributed by atoms with E-state index in [1.54, 1.807) is 55.5 Å². The minimum absolute atomic E-state index is 0.228. The lowest BCUT2D eigenvalue weighted by atomic mass is 10.1. The van der Waals surface area contributed by atoms with E-state index in [9.17, 15) is 8.78 Å². The summed E-state index contributed by atoms with van der Waals surface area (Å²) in [4.78, 5) is 35.3. The lowest BCUT2D eigenvalue weighted by Crippen LogP contribution is -2.02. The van der Waals surface area contributed by atoms with Crippen LogP contribution in [0.5, 0.6) is 0 Å². The van der Waals surface area contributed by atoms with Gasteiger partial charge in [-0.15, -0.1) is 22.7 Å². The molecule has 12 aromatic rings. The van der Waals surface area contributed by atoms with Crippen LogP contribution in [0.15, 0.2) is 135 Å². The number of halogens is 2. The molecular formula is C53H45F2N13S2. The number of H-pyrrole nitrogens is 4. The van der Waals surface area contributed by atoms with Crippen LogP contribution in [0, 0.1) is 23.1 Å². The lowest BCUT2D eigenvalue weighted by molar-refractivity contribution is 0.645. The summed E-state index contributed by atoms with van der Waals surface area (Å²) in [6.07, 6.45) is 15.1. The van der Waals surface area contributed by atoms with Gasteiger partial charge in [0.15, 0.2) is 10.3 Å². The van der Waals surface area contributed by atoms with Gasteiger partial charge in [-0.2, -0.15) is 19.0 Å². The molecule has 0 bridgehead atoms. The maximum atomic E-state index is 13.7. The Morgan fingerprint density at radius 1 is 0.600 bits per heavy atom. The molecule has 0 aliphatic carbocycles. The number of nitrogens with zero attached hydrogens (tertiary/aromatic N) is 8. The fourth-order valence-electron chi connectivity index (χ4n) is 8.32. The number of thiophene rings is 2. The molecule has 17 heteroatoms. The number of hydrogen-bond donors (Lipinski definition) is 5. The van der Waals surface area contributed by atoms with E-state index < -0.39 is 0 Å². The second kappa shape index (κ2) is 19.4. The average Bonchev–Trinajstić information content (AvgIpc) is 4.24. The van der Waals surface area contributed by atoms with Crippen molar-refractivity contribution >= 4 is 72.0 Å². The second-order valence-electron chi connectivity index (χ2n) is 16.7. The van der Waals surface area contributed by atoms with Crippen LogP contribution in [-0.4, -0.2) is 60.3 Å². The zero-order chi connectivity index (χ0) is 48.5. The van der Waals surface area contributed by atoms with Crippen molar-refractivity contribution < 1.29 is 8.78 Å². The molecule has 13 nitrogen and oxygen atoms in total. The molecule has 0 aliphatic rings. The van der Waals surface area contributed by atoms with E-state index in [1.807, 2.05) is 75.5 Å². The normalized spacial score (nSPS) is 11.3. The van der Waals surface area contributed by atoms with Gasteiger partial charge in [-0.3, -0.25) is 40.1 Å². The smallest absolute Gasteiger partial charge is 0.177 e. The Balaban J connectivity index is 0.000000159. The van der Waals surface area contributed by atoms with Crippen molar-refractivity contribution in [2.24, 2.45) is 5.92 Å². The largest absolute Gasteiger partial charge is 0.358 e. The Hall–Kier alpha value is -8.28. The lowest BCUT2D eigenvalue weighted by Gasteiger charge is -2.12. The third-order valence-electron chi connectivity index (χ3n) is 11.4. The molecule has 12 aromatic heterocycles. The van der Waals surface area contributed by atoms with Gasteiger partial charge >= 0.3 is 0 Å². The number of aromatic amines is 4. The molecule has 0 spiro atoms. The number of nitrogens with one attached hydrogen (secondary N) is 5. The standard InChI is InChI=1S/C28H24FN7S.C23H15FN6S.C2H6/c1-15(2)8-16(3)33-18-9-17(12-30-13-18)22-10-20-24(14-32-22)35-36-27(20)23-11-19-21(34-23)6-7-31-28(19)25-4-5-26(29)37-25;1-12-4-6-25-10-15(12)17-8-14-19(11-27-17)29-30-22(14)18-9-13-16(28-18)5-7-26-23(13)20-2-3-21(24)31-20;1-2/h4-7,9-15,33-34H,3,8H2,1-2H3,(H,35,36);2-11,28H,1H3,(H,29,30);1-2H3.